The smallest absolute Gasteiger partial charge is 0.421 e. The zero-order chi connectivity index (χ0) is 20.4. The number of sulfonamides is 2. The third-order valence-electron chi connectivity index (χ3n) is 2.63. The zero-order valence-electron chi connectivity index (χ0n) is 13.5. The van der Waals surface area contributed by atoms with Gasteiger partial charge in [0.2, 0.25) is 0 Å². The summed E-state index contributed by atoms with van der Waals surface area (Å²) < 4.78 is 109. The van der Waals surface area contributed by atoms with Crippen LogP contribution >= 0.6 is 0 Å². The Bertz CT molecular complexity index is 508. The van der Waals surface area contributed by atoms with Gasteiger partial charge in [-0.15, -0.1) is 0 Å². The largest absolute Gasteiger partial charge is 0.480 e. The third-order valence-corrected chi connectivity index (χ3v) is 5.37. The molecule has 0 aliphatic heterocycles. The molecule has 25 heavy (non-hydrogen) atoms. The Hall–Kier alpha value is -0.600. The number of nitrogens with zero attached hydrogens (tertiary/aromatic N) is 1. The molecular weight excluding hydrogens is 402 g/mol. The van der Waals surface area contributed by atoms with E-state index < -0.39 is 31.1 Å². The summed E-state index contributed by atoms with van der Waals surface area (Å²) in [6, 6.07) is 0. The minimum Gasteiger partial charge on any atom is -0.421 e. The first-order chi connectivity index (χ1) is 11.1. The van der Waals surface area contributed by atoms with Crippen LogP contribution in [0.2, 0.25) is 0 Å². The lowest BCUT2D eigenvalue weighted by atomic mass is 10.1. The van der Waals surface area contributed by atoms with Crippen LogP contribution in [0.15, 0.2) is 0 Å². The Morgan fingerprint density at radius 2 is 1.04 bits per heavy atom. The lowest BCUT2D eigenvalue weighted by molar-refractivity contribution is -0.368. The van der Waals surface area contributed by atoms with Crippen molar-refractivity contribution in [2.75, 3.05) is 6.54 Å². The first-order valence-corrected chi connectivity index (χ1v) is 10.2. The highest BCUT2D eigenvalue weighted by Gasteiger charge is 2.46. The lowest BCUT2D eigenvalue weighted by Crippen LogP contribution is -2.50. The normalized spacial score (nSPS) is 13.3. The fourth-order valence-electron chi connectivity index (χ4n) is 1.35. The highest BCUT2D eigenvalue weighted by Crippen LogP contribution is 2.36. The molecule has 154 valence electrons. The molecule has 0 rings (SSSR count). The molecule has 0 atom stereocenters. The summed E-state index contributed by atoms with van der Waals surface area (Å²) in [5.74, 6) is 0. The average Bonchev–Trinajstić information content (AvgIpc) is 2.40. The molecule has 0 aromatic rings. The van der Waals surface area contributed by atoms with Gasteiger partial charge in [0, 0.05) is 0 Å². The van der Waals surface area contributed by atoms with Crippen molar-refractivity contribution in [3.05, 3.63) is 4.13 Å². The molecule has 0 aromatic carbocycles. The molecule has 3 N–H and O–H groups in total. The molecule has 0 saturated heterocycles. The predicted octanol–water partition coefficient (Wildman–Crippen LogP) is 3.04. The van der Waals surface area contributed by atoms with E-state index in [0.29, 0.717) is 0 Å². The van der Waals surface area contributed by atoms with Gasteiger partial charge in [0.1, 0.15) is 0 Å². The van der Waals surface area contributed by atoms with Gasteiger partial charge in [-0.05, 0) is 12.8 Å². The number of hydrogen-bond donors (Lipinski definition) is 1. The van der Waals surface area contributed by atoms with Crippen LogP contribution in [-0.2, 0) is 20.0 Å². The molecule has 0 heterocycles. The van der Waals surface area contributed by atoms with Gasteiger partial charge >= 0.3 is 11.0 Å². The zero-order valence-corrected chi connectivity index (χ0v) is 15.2. The summed E-state index contributed by atoms with van der Waals surface area (Å²) in [5, 5.41) is 0. The second kappa shape index (κ2) is 11.2. The molecule has 0 unspecified atom stereocenters. The molecule has 0 aliphatic carbocycles. The molecule has 0 amide bonds. The second-order valence-corrected chi connectivity index (χ2v) is 8.31. The molecule has 0 saturated carbocycles. The molecule has 0 spiro atoms. The quantitative estimate of drug-likeness (QED) is 0.453. The van der Waals surface area contributed by atoms with E-state index in [4.69, 9.17) is 0 Å². The molecule has 0 bridgehead atoms. The van der Waals surface area contributed by atoms with Gasteiger partial charge < -0.3 is 9.86 Å². The lowest BCUT2D eigenvalue weighted by Gasteiger charge is -2.22. The molecule has 14 heteroatoms. The van der Waals surface area contributed by atoms with Crippen molar-refractivity contribution in [2.24, 2.45) is 0 Å². The third kappa shape index (κ3) is 11.6. The Morgan fingerprint density at radius 1 is 0.720 bits per heavy atom. The van der Waals surface area contributed by atoms with Crippen molar-refractivity contribution >= 4 is 20.0 Å². The number of halogens is 6. The number of quaternary nitrogens is 1. The Morgan fingerprint density at radius 3 is 1.32 bits per heavy atom. The highest BCUT2D eigenvalue weighted by molar-refractivity contribution is 8.13. The summed E-state index contributed by atoms with van der Waals surface area (Å²) in [6.07, 6.45) is 9.80. The van der Waals surface area contributed by atoms with Crippen LogP contribution in [0.1, 0.15) is 51.9 Å². The number of alkyl halides is 6. The summed E-state index contributed by atoms with van der Waals surface area (Å²) >= 11 is 0. The van der Waals surface area contributed by atoms with E-state index in [1.807, 2.05) is 0 Å². The standard InChI is InChI=1S/C9H21N.C2F6NO4S2/c1-2-3-4-5-6-7-8-9-10;3-1(4,5)14(10,11)9-15(12,13)2(6,7)8/h2-10H2,1H3;/q;-1/p+1. The van der Waals surface area contributed by atoms with Gasteiger partial charge in [0.15, 0.2) is 20.0 Å². The minimum atomic E-state index is -6.72. The SMILES string of the molecule is CCCCCCCCC[NH3+].O=S(=O)([N-]S(=O)(=O)C(F)(F)F)C(F)(F)F. The van der Waals surface area contributed by atoms with Crippen molar-refractivity contribution in [3.63, 3.8) is 0 Å². The molecule has 0 aliphatic rings. The fraction of sp³-hybridized carbons (Fsp3) is 1.00. The van der Waals surface area contributed by atoms with Crippen molar-refractivity contribution < 1.29 is 48.9 Å². The number of rotatable bonds is 9. The highest BCUT2D eigenvalue weighted by atomic mass is 32.3. The first kappa shape index (κ1) is 26.6. The summed E-state index contributed by atoms with van der Waals surface area (Å²) in [5.41, 5.74) is -8.59. The van der Waals surface area contributed by atoms with Gasteiger partial charge in [-0.1, -0.05) is 39.0 Å². The van der Waals surface area contributed by atoms with E-state index in [2.05, 4.69) is 12.7 Å². The van der Waals surface area contributed by atoms with E-state index in [1.54, 1.807) is 0 Å². The molecule has 6 nitrogen and oxygen atoms in total. The van der Waals surface area contributed by atoms with Crippen LogP contribution in [0, 0.1) is 0 Å². The monoisotopic (exact) mass is 424 g/mol. The van der Waals surface area contributed by atoms with Gasteiger partial charge in [0.05, 0.1) is 6.54 Å². The summed E-state index contributed by atoms with van der Waals surface area (Å²) in [6.45, 7) is 3.38. The van der Waals surface area contributed by atoms with Crippen molar-refractivity contribution in [1.82, 2.24) is 0 Å². The maximum absolute atomic E-state index is 11.4. The van der Waals surface area contributed by atoms with Crippen LogP contribution in [0.3, 0.4) is 0 Å². The molecular formula is C11H22F6N2O4S2. The van der Waals surface area contributed by atoms with Gasteiger partial charge in [-0.25, -0.2) is 16.8 Å². The van der Waals surface area contributed by atoms with Crippen LogP contribution in [0.25, 0.3) is 4.13 Å². The Kier molecular flexibility index (Phi) is 11.9. The molecule has 0 radical (unpaired) electrons. The molecule has 0 aromatic heterocycles. The van der Waals surface area contributed by atoms with Crippen molar-refractivity contribution in [2.45, 2.75) is 62.9 Å². The molecule has 0 fully saturated rings. The van der Waals surface area contributed by atoms with Gasteiger partial charge in [-0.2, -0.15) is 26.3 Å². The first-order valence-electron chi connectivity index (χ1n) is 7.28. The number of hydrogen-bond acceptors (Lipinski definition) is 4. The number of unbranched alkanes of at least 4 members (excludes halogenated alkanes) is 6. The summed E-state index contributed by atoms with van der Waals surface area (Å²) in [7, 11) is -13.4. The average molecular weight is 424 g/mol. The summed E-state index contributed by atoms with van der Waals surface area (Å²) in [4.78, 5) is 0. The maximum Gasteiger partial charge on any atom is 0.480 e. The Labute approximate surface area is 143 Å². The van der Waals surface area contributed by atoms with Crippen LogP contribution in [0.5, 0.6) is 0 Å². The van der Waals surface area contributed by atoms with Crippen LogP contribution in [-0.4, -0.2) is 34.4 Å². The minimum absolute atomic E-state index is 0.778. The van der Waals surface area contributed by atoms with E-state index >= 15 is 0 Å². The maximum atomic E-state index is 11.4. The van der Waals surface area contributed by atoms with Crippen molar-refractivity contribution in [1.29, 1.82) is 0 Å². The van der Waals surface area contributed by atoms with Crippen LogP contribution < -0.4 is 5.73 Å². The van der Waals surface area contributed by atoms with E-state index in [-0.39, 0.29) is 0 Å². The van der Waals surface area contributed by atoms with Gasteiger partial charge in [0.25, 0.3) is 0 Å². The van der Waals surface area contributed by atoms with E-state index in [9.17, 15) is 43.2 Å². The predicted molar refractivity (Wildman–Crippen MR) is 79.1 cm³/mol. The van der Waals surface area contributed by atoms with Crippen molar-refractivity contribution in [3.8, 4) is 0 Å². The van der Waals surface area contributed by atoms with E-state index in [1.165, 1.54) is 44.9 Å². The van der Waals surface area contributed by atoms with Gasteiger partial charge in [-0.3, -0.25) is 0 Å². The topological polar surface area (TPSA) is 110 Å². The second-order valence-electron chi connectivity index (χ2n) is 4.89. The van der Waals surface area contributed by atoms with Crippen LogP contribution in [0.4, 0.5) is 26.3 Å². The Balaban J connectivity index is 0. The van der Waals surface area contributed by atoms with E-state index in [0.717, 1.165) is 10.7 Å². The fourth-order valence-corrected chi connectivity index (χ4v) is 3.06.